The van der Waals surface area contributed by atoms with Crippen molar-refractivity contribution in [1.82, 2.24) is 0 Å². The molecule has 1 unspecified atom stereocenters. The van der Waals surface area contributed by atoms with Gasteiger partial charge in [-0.1, -0.05) is 12.6 Å². The van der Waals surface area contributed by atoms with Crippen molar-refractivity contribution in [3.8, 4) is 0 Å². The summed E-state index contributed by atoms with van der Waals surface area (Å²) in [5, 5.41) is 0. The maximum absolute atomic E-state index is 4.48. The molecule has 0 aliphatic rings. The smallest absolute Gasteiger partial charge is 0.0548 e. The average Bonchev–Trinajstić information content (AvgIpc) is 0.811. The van der Waals surface area contributed by atoms with Crippen molar-refractivity contribution in [1.29, 1.82) is 0 Å². The Bertz CT molecular complexity index is 8.75. The third-order valence-corrected chi connectivity index (χ3v) is 0. The third kappa shape index (κ3) is 15.9. The van der Waals surface area contributed by atoms with Gasteiger partial charge in [-0.3, -0.25) is 0 Å². The molecule has 25 valence electrons. The molecule has 0 fully saturated rings. The lowest BCUT2D eigenvalue weighted by Crippen LogP contribution is -1.64. The summed E-state index contributed by atoms with van der Waals surface area (Å²) in [4.78, 5) is 0. The van der Waals surface area contributed by atoms with E-state index in [0.29, 0.717) is 0 Å². The number of hydrogen-bond acceptors (Lipinski definition) is 1. The van der Waals surface area contributed by atoms with Crippen LogP contribution in [-0.4, -0.2) is 4.58 Å². The first-order valence-corrected chi connectivity index (χ1v) is 2.06. The van der Waals surface area contributed by atoms with Crippen LogP contribution in [0.15, 0.2) is 0 Å². The maximum Gasteiger partial charge on any atom is 0.0548 e. The summed E-state index contributed by atoms with van der Waals surface area (Å²) in [6, 6.07) is 0. The van der Waals surface area contributed by atoms with Gasteiger partial charge in [0.25, 0.3) is 0 Å². The van der Waals surface area contributed by atoms with Crippen molar-refractivity contribution in [2.24, 2.45) is 0 Å². The molecule has 0 spiro atoms. The molecule has 0 heterocycles. The number of hydrogen-bond donors (Lipinski definition) is 1. The molecular formula is C2H5S2. The average molecular weight is 93.2 g/mol. The topological polar surface area (TPSA) is 0 Å². The van der Waals surface area contributed by atoms with Crippen molar-refractivity contribution >= 4 is 25.3 Å². The minimum absolute atomic E-state index is 0.111. The predicted molar refractivity (Wildman–Crippen MR) is 26.0 cm³/mol. The fourth-order valence-electron chi connectivity index (χ4n) is 0. The van der Waals surface area contributed by atoms with E-state index in [4.69, 9.17) is 0 Å². The van der Waals surface area contributed by atoms with Crippen LogP contribution in [-0.2, 0) is 0 Å². The van der Waals surface area contributed by atoms with Crippen LogP contribution < -0.4 is 0 Å². The first-order valence-electron chi connectivity index (χ1n) is 1.07. The van der Waals surface area contributed by atoms with E-state index in [1.54, 1.807) is 0 Å². The Labute approximate surface area is 37.4 Å². The van der Waals surface area contributed by atoms with Crippen LogP contribution in [0, 0.1) is 0 Å². The zero-order valence-corrected chi connectivity index (χ0v) is 4.14. The van der Waals surface area contributed by atoms with Crippen LogP contribution in [0.3, 0.4) is 0 Å². The van der Waals surface area contributed by atoms with Gasteiger partial charge in [0.2, 0.25) is 0 Å². The molecule has 0 saturated carbocycles. The molecule has 1 radical (unpaired) electrons. The zero-order valence-electron chi connectivity index (χ0n) is 2.43. The van der Waals surface area contributed by atoms with E-state index in [0.717, 1.165) is 0 Å². The summed E-state index contributed by atoms with van der Waals surface area (Å²) in [6.45, 7) is 1.85. The summed E-state index contributed by atoms with van der Waals surface area (Å²) < 4.78 is 0.111. The second-order valence-corrected chi connectivity index (χ2v) is 2.43. The van der Waals surface area contributed by atoms with Gasteiger partial charge in [-0.15, -0.1) is 0 Å². The Morgan fingerprint density at radius 2 is 2.00 bits per heavy atom. The van der Waals surface area contributed by atoms with E-state index >= 15 is 0 Å². The van der Waals surface area contributed by atoms with Crippen molar-refractivity contribution in [2.45, 2.75) is 11.5 Å². The van der Waals surface area contributed by atoms with Gasteiger partial charge < -0.3 is 0 Å². The van der Waals surface area contributed by atoms with Crippen molar-refractivity contribution in [3.63, 3.8) is 0 Å². The molecule has 0 N–H and O–H groups in total. The standard InChI is InChI=1S/C2H5S2/c1-2(3)4/h2-3H,1H3. The quantitative estimate of drug-likeness (QED) is 0.431. The van der Waals surface area contributed by atoms with E-state index in [2.05, 4.69) is 25.3 Å². The summed E-state index contributed by atoms with van der Waals surface area (Å²) in [5.74, 6) is 0. The third-order valence-electron chi connectivity index (χ3n) is 0. The fourth-order valence-corrected chi connectivity index (χ4v) is 0. The Morgan fingerprint density at radius 3 is 2.00 bits per heavy atom. The molecule has 0 aromatic heterocycles. The van der Waals surface area contributed by atoms with Gasteiger partial charge >= 0.3 is 0 Å². The van der Waals surface area contributed by atoms with Gasteiger partial charge in [0, 0.05) is 0 Å². The second kappa shape index (κ2) is 1.97. The summed E-state index contributed by atoms with van der Waals surface area (Å²) in [6.07, 6.45) is 0. The van der Waals surface area contributed by atoms with Crippen LogP contribution in [0.5, 0.6) is 0 Å². The Balaban J connectivity index is 2.32. The van der Waals surface area contributed by atoms with Crippen molar-refractivity contribution in [3.05, 3.63) is 0 Å². The van der Waals surface area contributed by atoms with Crippen LogP contribution >= 0.6 is 25.3 Å². The lowest BCUT2D eigenvalue weighted by atomic mass is 11.0. The molecule has 0 saturated heterocycles. The van der Waals surface area contributed by atoms with Gasteiger partial charge in [0.05, 0.1) is 4.58 Å². The van der Waals surface area contributed by atoms with Gasteiger partial charge in [-0.2, -0.15) is 12.6 Å². The van der Waals surface area contributed by atoms with Crippen LogP contribution in [0.2, 0.25) is 0 Å². The molecule has 4 heavy (non-hydrogen) atoms. The van der Waals surface area contributed by atoms with Crippen LogP contribution in [0.25, 0.3) is 0 Å². The van der Waals surface area contributed by atoms with Crippen molar-refractivity contribution in [2.75, 3.05) is 0 Å². The lowest BCUT2D eigenvalue weighted by molar-refractivity contribution is 1.45. The molecule has 0 aromatic carbocycles. The minimum atomic E-state index is 0.111. The van der Waals surface area contributed by atoms with E-state index in [-0.39, 0.29) is 4.58 Å². The fraction of sp³-hybridized carbons (Fsp3) is 1.00. The summed E-state index contributed by atoms with van der Waals surface area (Å²) in [5.41, 5.74) is 0. The van der Waals surface area contributed by atoms with Crippen molar-refractivity contribution < 1.29 is 0 Å². The molecule has 0 nitrogen and oxygen atoms in total. The highest BCUT2D eigenvalue weighted by molar-refractivity contribution is 7.99. The lowest BCUT2D eigenvalue weighted by Gasteiger charge is -1.75. The molecular weight excluding hydrogens is 88.2 g/mol. The number of rotatable bonds is 0. The predicted octanol–water partition coefficient (Wildman–Crippen LogP) is 1.46. The van der Waals surface area contributed by atoms with E-state index in [1.165, 1.54) is 0 Å². The zero-order chi connectivity index (χ0) is 3.58. The summed E-state index contributed by atoms with van der Waals surface area (Å²) in [7, 11) is 0. The maximum atomic E-state index is 4.48. The first kappa shape index (κ1) is 4.70. The van der Waals surface area contributed by atoms with Crippen LogP contribution in [0.1, 0.15) is 6.92 Å². The highest BCUT2D eigenvalue weighted by Crippen LogP contribution is 1.93. The minimum Gasteiger partial charge on any atom is -0.164 e. The largest absolute Gasteiger partial charge is 0.164 e. The Hall–Kier alpha value is 0.700. The Kier molecular flexibility index (Phi) is 2.32. The van der Waals surface area contributed by atoms with Gasteiger partial charge in [-0.25, -0.2) is 0 Å². The van der Waals surface area contributed by atoms with E-state index in [1.807, 2.05) is 6.92 Å². The molecule has 0 aliphatic carbocycles. The molecule has 0 aromatic rings. The van der Waals surface area contributed by atoms with Crippen LogP contribution in [0.4, 0.5) is 0 Å². The normalized spacial score (nSPS) is 9.00. The van der Waals surface area contributed by atoms with E-state index in [9.17, 15) is 0 Å². The molecule has 0 amide bonds. The SMILES string of the molecule is CC([S])S. The number of thiol groups is 1. The monoisotopic (exact) mass is 93.0 g/mol. The molecule has 2 heteroatoms. The van der Waals surface area contributed by atoms with Gasteiger partial charge in [-0.05, 0) is 6.92 Å². The Morgan fingerprint density at radius 1 is 2.00 bits per heavy atom. The summed E-state index contributed by atoms with van der Waals surface area (Å²) >= 11 is 8.27. The van der Waals surface area contributed by atoms with Gasteiger partial charge in [0.15, 0.2) is 0 Å². The highest BCUT2D eigenvalue weighted by atomic mass is 32.2. The molecule has 1 atom stereocenters. The van der Waals surface area contributed by atoms with E-state index < -0.39 is 0 Å². The molecule has 0 rings (SSSR count). The molecule has 0 aliphatic heterocycles. The second-order valence-electron chi connectivity index (χ2n) is 0.599. The van der Waals surface area contributed by atoms with Gasteiger partial charge in [0.1, 0.15) is 0 Å². The first-order chi connectivity index (χ1) is 1.73. The highest BCUT2D eigenvalue weighted by Gasteiger charge is 1.71. The molecule has 0 bridgehead atoms.